The van der Waals surface area contributed by atoms with Crippen LogP contribution in [0.4, 0.5) is 0 Å². The molecule has 0 bridgehead atoms. The first kappa shape index (κ1) is 14.0. The van der Waals surface area contributed by atoms with Crippen molar-refractivity contribution >= 4 is 17.2 Å². The van der Waals surface area contributed by atoms with Crippen LogP contribution in [0.3, 0.4) is 0 Å². The van der Waals surface area contributed by atoms with Crippen molar-refractivity contribution in [3.05, 3.63) is 16.1 Å². The van der Waals surface area contributed by atoms with Crippen LogP contribution in [0, 0.1) is 6.92 Å². The summed E-state index contributed by atoms with van der Waals surface area (Å²) in [5.74, 6) is 0.298. The monoisotopic (exact) mass is 294 g/mol. The Kier molecular flexibility index (Phi) is 4.33. The average Bonchev–Trinajstić information content (AvgIpc) is 3.11. The minimum atomic E-state index is 0.0720. The molecule has 2 aliphatic heterocycles. The van der Waals surface area contributed by atoms with Crippen molar-refractivity contribution in [2.75, 3.05) is 32.7 Å². The summed E-state index contributed by atoms with van der Waals surface area (Å²) in [7, 11) is 0. The van der Waals surface area contributed by atoms with Gasteiger partial charge in [0.2, 0.25) is 5.91 Å². The molecule has 2 saturated heterocycles. The summed E-state index contributed by atoms with van der Waals surface area (Å²) >= 11 is 1.70. The molecule has 1 aromatic rings. The molecule has 1 amide bonds. The molecular weight excluding hydrogens is 272 g/mol. The Balaban J connectivity index is 1.48. The Morgan fingerprint density at radius 3 is 2.85 bits per heavy atom. The van der Waals surface area contributed by atoms with E-state index in [0.717, 1.165) is 62.8 Å². The summed E-state index contributed by atoms with van der Waals surface area (Å²) in [6.45, 7) is 7.54. The summed E-state index contributed by atoms with van der Waals surface area (Å²) in [6, 6.07) is 0.0720. The number of hydrogen-bond donors (Lipinski definition) is 1. The van der Waals surface area contributed by atoms with Gasteiger partial charge in [-0.25, -0.2) is 4.98 Å². The van der Waals surface area contributed by atoms with E-state index in [2.05, 4.69) is 20.6 Å². The maximum Gasteiger partial charge on any atom is 0.239 e. The van der Waals surface area contributed by atoms with Gasteiger partial charge in [-0.1, -0.05) is 0 Å². The second kappa shape index (κ2) is 6.20. The molecule has 1 unspecified atom stereocenters. The van der Waals surface area contributed by atoms with E-state index in [-0.39, 0.29) is 6.04 Å². The summed E-state index contributed by atoms with van der Waals surface area (Å²) in [6.07, 6.45) is 2.12. The van der Waals surface area contributed by atoms with E-state index < -0.39 is 0 Å². The lowest BCUT2D eigenvalue weighted by molar-refractivity contribution is -0.134. The molecule has 20 heavy (non-hydrogen) atoms. The van der Waals surface area contributed by atoms with Crippen molar-refractivity contribution in [1.82, 2.24) is 20.1 Å². The lowest BCUT2D eigenvalue weighted by atomic mass is 10.2. The van der Waals surface area contributed by atoms with Crippen LogP contribution in [0.2, 0.25) is 0 Å². The predicted octanol–water partition coefficient (Wildman–Crippen LogP) is 0.848. The first-order chi connectivity index (χ1) is 9.72. The van der Waals surface area contributed by atoms with Gasteiger partial charge >= 0.3 is 0 Å². The molecule has 1 atom stereocenters. The van der Waals surface area contributed by atoms with Gasteiger partial charge in [0.25, 0.3) is 0 Å². The molecule has 5 nitrogen and oxygen atoms in total. The molecule has 0 saturated carbocycles. The van der Waals surface area contributed by atoms with Crippen LogP contribution in [-0.2, 0) is 11.3 Å². The van der Waals surface area contributed by atoms with Crippen LogP contribution in [0.25, 0.3) is 0 Å². The van der Waals surface area contributed by atoms with Gasteiger partial charge in [0.1, 0.15) is 0 Å². The van der Waals surface area contributed by atoms with Gasteiger partial charge in [-0.15, -0.1) is 11.3 Å². The van der Waals surface area contributed by atoms with E-state index >= 15 is 0 Å². The van der Waals surface area contributed by atoms with Gasteiger partial charge in [0, 0.05) is 38.1 Å². The number of carbonyl (C=O) groups is 1. The summed E-state index contributed by atoms with van der Waals surface area (Å²) in [5.41, 5.74) is 1.16. The molecule has 1 aromatic heterocycles. The quantitative estimate of drug-likeness (QED) is 0.898. The molecule has 6 heteroatoms. The third-order valence-corrected chi connectivity index (χ3v) is 4.92. The molecule has 110 valence electrons. The molecule has 0 aliphatic carbocycles. The first-order valence-corrected chi connectivity index (χ1v) is 8.26. The SMILES string of the molecule is Cc1nc(CN2CCN(C(=O)C3CCCN3)CC2)cs1. The van der Waals surface area contributed by atoms with Crippen LogP contribution in [0.5, 0.6) is 0 Å². The fraction of sp³-hybridized carbons (Fsp3) is 0.714. The van der Waals surface area contributed by atoms with Gasteiger partial charge in [-0.2, -0.15) is 0 Å². The summed E-state index contributed by atoms with van der Waals surface area (Å²) < 4.78 is 0. The number of rotatable bonds is 3. The molecule has 1 N–H and O–H groups in total. The molecule has 0 spiro atoms. The van der Waals surface area contributed by atoms with Crippen molar-refractivity contribution in [3.63, 3.8) is 0 Å². The van der Waals surface area contributed by atoms with Crippen molar-refractivity contribution in [2.24, 2.45) is 0 Å². The Morgan fingerprint density at radius 2 is 2.25 bits per heavy atom. The number of aryl methyl sites for hydroxylation is 1. The highest BCUT2D eigenvalue weighted by molar-refractivity contribution is 7.09. The highest BCUT2D eigenvalue weighted by Crippen LogP contribution is 2.14. The van der Waals surface area contributed by atoms with Crippen LogP contribution in [0.1, 0.15) is 23.5 Å². The maximum atomic E-state index is 12.3. The molecule has 2 aliphatic rings. The second-order valence-corrected chi connectivity index (χ2v) is 6.67. The van der Waals surface area contributed by atoms with Gasteiger partial charge in [-0.05, 0) is 26.3 Å². The lowest BCUT2D eigenvalue weighted by Crippen LogP contribution is -2.52. The topological polar surface area (TPSA) is 48.5 Å². The van der Waals surface area contributed by atoms with Crippen LogP contribution < -0.4 is 5.32 Å². The average molecular weight is 294 g/mol. The molecule has 3 rings (SSSR count). The van der Waals surface area contributed by atoms with Crippen molar-refractivity contribution in [3.8, 4) is 0 Å². The van der Waals surface area contributed by atoms with Crippen molar-refractivity contribution in [2.45, 2.75) is 32.4 Å². The number of nitrogens with zero attached hydrogens (tertiary/aromatic N) is 3. The third-order valence-electron chi connectivity index (χ3n) is 4.09. The van der Waals surface area contributed by atoms with E-state index in [1.54, 1.807) is 11.3 Å². The minimum Gasteiger partial charge on any atom is -0.339 e. The number of carbonyl (C=O) groups excluding carboxylic acids is 1. The van der Waals surface area contributed by atoms with E-state index in [9.17, 15) is 4.79 Å². The highest BCUT2D eigenvalue weighted by Gasteiger charge is 2.29. The Morgan fingerprint density at radius 1 is 1.45 bits per heavy atom. The van der Waals surface area contributed by atoms with Crippen molar-refractivity contribution in [1.29, 1.82) is 0 Å². The zero-order valence-electron chi connectivity index (χ0n) is 12.0. The largest absolute Gasteiger partial charge is 0.339 e. The number of hydrogen-bond acceptors (Lipinski definition) is 5. The minimum absolute atomic E-state index is 0.0720. The number of amides is 1. The van der Waals surface area contributed by atoms with Gasteiger partial charge in [0.15, 0.2) is 0 Å². The number of nitrogens with one attached hydrogen (secondary N) is 1. The number of thiazole rings is 1. The van der Waals surface area contributed by atoms with E-state index in [1.807, 2.05) is 11.8 Å². The molecule has 0 radical (unpaired) electrons. The number of piperazine rings is 1. The molecular formula is C14H22N4OS. The zero-order chi connectivity index (χ0) is 13.9. The Labute approximate surface area is 124 Å². The smallest absolute Gasteiger partial charge is 0.239 e. The summed E-state index contributed by atoms with van der Waals surface area (Å²) in [4.78, 5) is 21.2. The standard InChI is InChI=1S/C14H22N4OS/c1-11-16-12(10-20-11)9-17-5-7-18(8-6-17)14(19)13-3-2-4-15-13/h10,13,15H,2-9H2,1H3. The Hall–Kier alpha value is -0.980. The number of aromatic nitrogens is 1. The van der Waals surface area contributed by atoms with E-state index in [0.29, 0.717) is 5.91 Å². The van der Waals surface area contributed by atoms with E-state index in [1.165, 1.54) is 0 Å². The third kappa shape index (κ3) is 3.19. The van der Waals surface area contributed by atoms with E-state index in [4.69, 9.17) is 0 Å². The van der Waals surface area contributed by atoms with Crippen molar-refractivity contribution < 1.29 is 4.79 Å². The lowest BCUT2D eigenvalue weighted by Gasteiger charge is -2.35. The normalized spacial score (nSPS) is 24.2. The summed E-state index contributed by atoms with van der Waals surface area (Å²) in [5, 5.41) is 6.55. The zero-order valence-corrected chi connectivity index (χ0v) is 12.8. The molecule has 0 aromatic carbocycles. The fourth-order valence-corrected chi connectivity index (χ4v) is 3.56. The maximum absolute atomic E-state index is 12.3. The highest BCUT2D eigenvalue weighted by atomic mass is 32.1. The van der Waals surface area contributed by atoms with Gasteiger partial charge < -0.3 is 10.2 Å². The Bertz CT molecular complexity index is 461. The molecule has 2 fully saturated rings. The van der Waals surface area contributed by atoms with Crippen LogP contribution >= 0.6 is 11.3 Å². The van der Waals surface area contributed by atoms with Gasteiger partial charge in [0.05, 0.1) is 16.7 Å². The second-order valence-electron chi connectivity index (χ2n) is 5.61. The molecule has 3 heterocycles. The fourth-order valence-electron chi connectivity index (χ4n) is 2.95. The van der Waals surface area contributed by atoms with Crippen LogP contribution in [-0.4, -0.2) is 59.5 Å². The predicted molar refractivity (Wildman–Crippen MR) is 79.7 cm³/mol. The first-order valence-electron chi connectivity index (χ1n) is 7.38. The van der Waals surface area contributed by atoms with Gasteiger partial charge in [-0.3, -0.25) is 9.69 Å². The van der Waals surface area contributed by atoms with Crippen LogP contribution in [0.15, 0.2) is 5.38 Å².